The minimum Gasteiger partial charge on any atom is -0.364 e. The van der Waals surface area contributed by atoms with Gasteiger partial charge >= 0.3 is 0 Å². The average molecular weight is 189 g/mol. The first-order chi connectivity index (χ1) is 6.57. The minimum absolute atomic E-state index is 0.0563. The van der Waals surface area contributed by atoms with Gasteiger partial charge in [0.2, 0.25) is 0 Å². The van der Waals surface area contributed by atoms with Gasteiger partial charge in [0.1, 0.15) is 5.69 Å². The summed E-state index contributed by atoms with van der Waals surface area (Å²) in [6.45, 7) is 3.79. The van der Waals surface area contributed by atoms with Crippen LogP contribution in [0.25, 0.3) is 0 Å². The number of hydrogen-bond acceptors (Lipinski definition) is 3. The summed E-state index contributed by atoms with van der Waals surface area (Å²) in [7, 11) is 0. The topological polar surface area (TPSA) is 79.8 Å². The van der Waals surface area contributed by atoms with Gasteiger partial charge in [-0.25, -0.2) is 0 Å². The van der Waals surface area contributed by atoms with E-state index in [2.05, 4.69) is 4.98 Å². The van der Waals surface area contributed by atoms with Crippen molar-refractivity contribution in [1.82, 2.24) is 4.98 Å². The van der Waals surface area contributed by atoms with E-state index in [1.54, 1.807) is 6.07 Å². The lowest BCUT2D eigenvalue weighted by Crippen LogP contribution is -2.17. The van der Waals surface area contributed by atoms with Crippen molar-refractivity contribution in [1.29, 1.82) is 5.26 Å². The molecule has 14 heavy (non-hydrogen) atoms. The zero-order valence-electron chi connectivity index (χ0n) is 8.11. The highest BCUT2D eigenvalue weighted by Crippen LogP contribution is 2.21. The van der Waals surface area contributed by atoms with Gasteiger partial charge in [0.15, 0.2) is 0 Å². The van der Waals surface area contributed by atoms with Crippen molar-refractivity contribution in [2.24, 2.45) is 5.73 Å². The Labute approximate surface area is 82.4 Å². The van der Waals surface area contributed by atoms with Crippen molar-refractivity contribution in [3.63, 3.8) is 0 Å². The molecule has 1 rings (SSSR count). The summed E-state index contributed by atoms with van der Waals surface area (Å²) < 4.78 is 0. The second-order valence-electron chi connectivity index (χ2n) is 3.25. The van der Waals surface area contributed by atoms with Crippen LogP contribution >= 0.6 is 0 Å². The van der Waals surface area contributed by atoms with Gasteiger partial charge in [-0.05, 0) is 12.0 Å². The van der Waals surface area contributed by atoms with E-state index in [0.717, 1.165) is 0 Å². The molecule has 4 nitrogen and oxygen atoms in total. The molecule has 2 N–H and O–H groups in total. The Hall–Kier alpha value is -1.89. The Morgan fingerprint density at radius 3 is 2.71 bits per heavy atom. The second kappa shape index (κ2) is 3.88. The first kappa shape index (κ1) is 10.2. The van der Waals surface area contributed by atoms with E-state index in [4.69, 9.17) is 11.0 Å². The normalized spacial score (nSPS) is 9.86. The summed E-state index contributed by atoms with van der Waals surface area (Å²) in [6.07, 6.45) is 1.42. The molecule has 0 aliphatic rings. The van der Waals surface area contributed by atoms with Crippen molar-refractivity contribution < 1.29 is 4.79 Å². The Bertz CT molecular complexity index is 404. The van der Waals surface area contributed by atoms with Crippen LogP contribution in [0, 0.1) is 11.3 Å². The lowest BCUT2D eigenvalue weighted by molar-refractivity contribution is 0.0994. The monoisotopic (exact) mass is 189 g/mol. The Balaban J connectivity index is 3.45. The summed E-state index contributed by atoms with van der Waals surface area (Å²) >= 11 is 0. The molecule has 1 amide bonds. The number of amides is 1. The highest BCUT2D eigenvalue weighted by atomic mass is 16.1. The fourth-order valence-electron chi connectivity index (χ4n) is 1.35. The van der Waals surface area contributed by atoms with E-state index in [1.807, 2.05) is 19.9 Å². The molecule has 0 fully saturated rings. The molecule has 1 heterocycles. The lowest BCUT2D eigenvalue weighted by Gasteiger charge is -2.10. The molecule has 0 radical (unpaired) electrons. The molecule has 0 atom stereocenters. The van der Waals surface area contributed by atoms with E-state index >= 15 is 0 Å². The van der Waals surface area contributed by atoms with Crippen LogP contribution in [0.3, 0.4) is 0 Å². The lowest BCUT2D eigenvalue weighted by atomic mass is 9.96. The van der Waals surface area contributed by atoms with Gasteiger partial charge in [-0.2, -0.15) is 5.26 Å². The summed E-state index contributed by atoms with van der Waals surface area (Å²) in [6, 6.07) is 3.61. The first-order valence-electron chi connectivity index (χ1n) is 4.26. The van der Waals surface area contributed by atoms with Gasteiger partial charge in [0, 0.05) is 11.8 Å². The van der Waals surface area contributed by atoms with Gasteiger partial charge in [0.05, 0.1) is 11.6 Å². The SMILES string of the molecule is CC(C)c1c(C#N)ccnc1C(N)=O. The Kier molecular flexibility index (Phi) is 2.82. The first-order valence-corrected chi connectivity index (χ1v) is 4.26. The summed E-state index contributed by atoms with van der Waals surface area (Å²) in [5, 5.41) is 8.84. The Morgan fingerprint density at radius 2 is 2.29 bits per heavy atom. The van der Waals surface area contributed by atoms with E-state index in [0.29, 0.717) is 11.1 Å². The molecular weight excluding hydrogens is 178 g/mol. The maximum Gasteiger partial charge on any atom is 0.267 e. The summed E-state index contributed by atoms with van der Waals surface area (Å²) in [4.78, 5) is 14.9. The van der Waals surface area contributed by atoms with E-state index in [9.17, 15) is 4.79 Å². The molecule has 0 saturated carbocycles. The molecule has 0 saturated heterocycles. The third-order valence-electron chi connectivity index (χ3n) is 1.92. The number of carbonyl (C=O) groups is 1. The maximum absolute atomic E-state index is 11.0. The number of nitrogens with zero attached hydrogens (tertiary/aromatic N) is 2. The van der Waals surface area contributed by atoms with Crippen LogP contribution in [-0.2, 0) is 0 Å². The maximum atomic E-state index is 11.0. The quantitative estimate of drug-likeness (QED) is 0.758. The van der Waals surface area contributed by atoms with Crippen LogP contribution in [0.15, 0.2) is 12.3 Å². The van der Waals surface area contributed by atoms with Crippen molar-refractivity contribution in [2.75, 3.05) is 0 Å². The molecule has 1 aromatic heterocycles. The molecule has 0 aromatic carbocycles. The van der Waals surface area contributed by atoms with Crippen molar-refractivity contribution in [2.45, 2.75) is 19.8 Å². The molecule has 0 aliphatic heterocycles. The van der Waals surface area contributed by atoms with Crippen LogP contribution in [0.5, 0.6) is 0 Å². The molecule has 0 spiro atoms. The molecule has 1 aromatic rings. The van der Waals surface area contributed by atoms with Gasteiger partial charge in [-0.15, -0.1) is 0 Å². The molecule has 72 valence electrons. The van der Waals surface area contributed by atoms with Crippen molar-refractivity contribution >= 4 is 5.91 Å². The minimum atomic E-state index is -0.592. The fourth-order valence-corrected chi connectivity index (χ4v) is 1.35. The largest absolute Gasteiger partial charge is 0.364 e. The van der Waals surface area contributed by atoms with Crippen LogP contribution in [-0.4, -0.2) is 10.9 Å². The molecule has 4 heteroatoms. The van der Waals surface area contributed by atoms with Crippen molar-refractivity contribution in [3.05, 3.63) is 29.1 Å². The van der Waals surface area contributed by atoms with Crippen molar-refractivity contribution in [3.8, 4) is 6.07 Å². The van der Waals surface area contributed by atoms with Gasteiger partial charge < -0.3 is 5.73 Å². The molecular formula is C10H11N3O. The van der Waals surface area contributed by atoms with E-state index in [1.165, 1.54) is 6.20 Å². The van der Waals surface area contributed by atoms with Crippen LogP contribution in [0.2, 0.25) is 0 Å². The standard InChI is InChI=1S/C10H11N3O/c1-6(2)8-7(5-11)3-4-13-9(8)10(12)14/h3-4,6H,1-2H3,(H2,12,14). The summed E-state index contributed by atoms with van der Waals surface area (Å²) in [5.41, 5.74) is 6.45. The number of nitrogens with two attached hydrogens (primary N) is 1. The van der Waals surface area contributed by atoms with Crippen LogP contribution < -0.4 is 5.73 Å². The summed E-state index contributed by atoms with van der Waals surface area (Å²) in [5.74, 6) is -0.536. The Morgan fingerprint density at radius 1 is 1.64 bits per heavy atom. The van der Waals surface area contributed by atoms with E-state index < -0.39 is 5.91 Å². The second-order valence-corrected chi connectivity index (χ2v) is 3.25. The molecule has 0 aliphatic carbocycles. The van der Waals surface area contributed by atoms with Gasteiger partial charge in [-0.1, -0.05) is 13.8 Å². The van der Waals surface area contributed by atoms with Gasteiger partial charge in [0.25, 0.3) is 5.91 Å². The highest BCUT2D eigenvalue weighted by Gasteiger charge is 2.16. The smallest absolute Gasteiger partial charge is 0.267 e. The zero-order chi connectivity index (χ0) is 10.7. The third kappa shape index (κ3) is 1.72. The van der Waals surface area contributed by atoms with Crippen LogP contribution in [0.4, 0.5) is 0 Å². The predicted octanol–water partition coefficient (Wildman–Crippen LogP) is 1.18. The van der Waals surface area contributed by atoms with E-state index in [-0.39, 0.29) is 11.6 Å². The number of rotatable bonds is 2. The number of aromatic nitrogens is 1. The zero-order valence-corrected chi connectivity index (χ0v) is 8.11. The number of nitriles is 1. The predicted molar refractivity (Wildman–Crippen MR) is 51.6 cm³/mol. The third-order valence-corrected chi connectivity index (χ3v) is 1.92. The number of carbonyl (C=O) groups excluding carboxylic acids is 1. The molecule has 0 bridgehead atoms. The average Bonchev–Trinajstić information content (AvgIpc) is 2.16. The number of primary amides is 1. The fraction of sp³-hybridized carbons (Fsp3) is 0.300. The number of pyridine rings is 1. The highest BCUT2D eigenvalue weighted by molar-refractivity contribution is 5.93. The van der Waals surface area contributed by atoms with Gasteiger partial charge in [-0.3, -0.25) is 9.78 Å². The van der Waals surface area contributed by atoms with Crippen LogP contribution in [0.1, 0.15) is 41.4 Å². The molecule has 0 unspecified atom stereocenters. The number of hydrogen-bond donors (Lipinski definition) is 1.